The Morgan fingerprint density at radius 2 is 1.82 bits per heavy atom. The van der Waals surface area contributed by atoms with Crippen LogP contribution in [0.3, 0.4) is 0 Å². The number of aromatic nitrogens is 2. The largest absolute Gasteiger partial charge is 0.420 e. The molecule has 34 heavy (non-hydrogen) atoms. The Labute approximate surface area is 200 Å². The summed E-state index contributed by atoms with van der Waals surface area (Å²) in [6, 6.07) is 7.45. The first kappa shape index (κ1) is 21.1. The van der Waals surface area contributed by atoms with Crippen LogP contribution < -0.4 is 5.32 Å². The first-order valence-corrected chi connectivity index (χ1v) is 11.9. The van der Waals surface area contributed by atoms with E-state index in [4.69, 9.17) is 7.48 Å². The molecule has 5 rings (SSSR count). The Bertz CT molecular complexity index is 1070. The number of nitrogens with one attached hydrogen (secondary N) is 1. The number of aliphatic hydroxyl groups is 1. The van der Waals surface area contributed by atoms with Gasteiger partial charge in [0, 0.05) is 47.1 Å². The van der Waals surface area contributed by atoms with E-state index in [9.17, 15) is 18.3 Å². The van der Waals surface area contributed by atoms with Crippen molar-refractivity contribution in [2.24, 2.45) is 17.8 Å². The van der Waals surface area contributed by atoms with Gasteiger partial charge < -0.3 is 20.1 Å². The molecule has 1 aromatic heterocycles. The van der Waals surface area contributed by atoms with Crippen molar-refractivity contribution in [3.63, 3.8) is 0 Å². The number of nitrogens with zero attached hydrogens (tertiary/aromatic N) is 3. The summed E-state index contributed by atoms with van der Waals surface area (Å²) in [5.41, 5.74) is 0.0786. The fourth-order valence-electron chi connectivity index (χ4n) is 5.56. The van der Waals surface area contributed by atoms with Gasteiger partial charge in [-0.2, -0.15) is 13.2 Å². The van der Waals surface area contributed by atoms with Crippen molar-refractivity contribution in [3.05, 3.63) is 41.5 Å². The van der Waals surface area contributed by atoms with Gasteiger partial charge in [-0.3, -0.25) is 0 Å². The van der Waals surface area contributed by atoms with Gasteiger partial charge in [-0.15, -0.1) is 10.2 Å². The van der Waals surface area contributed by atoms with Crippen molar-refractivity contribution >= 4 is 5.82 Å². The molecule has 6 nitrogen and oxygen atoms in total. The highest BCUT2D eigenvalue weighted by atomic mass is 19.4. The summed E-state index contributed by atoms with van der Waals surface area (Å²) in [5.74, 6) is 0.121. The summed E-state index contributed by atoms with van der Waals surface area (Å²) in [5, 5.41) is 20.5. The van der Waals surface area contributed by atoms with Gasteiger partial charge in [0.05, 0.1) is 12.3 Å². The Morgan fingerprint density at radius 3 is 2.50 bits per heavy atom. The van der Waals surface area contributed by atoms with Crippen LogP contribution in [0.4, 0.5) is 19.0 Å². The van der Waals surface area contributed by atoms with E-state index in [1.807, 2.05) is 4.90 Å². The third kappa shape index (κ3) is 5.06. The molecule has 2 saturated heterocycles. The molecule has 1 aliphatic carbocycles. The van der Waals surface area contributed by atoms with Gasteiger partial charge in [0.25, 0.3) is 0 Å². The van der Waals surface area contributed by atoms with Crippen molar-refractivity contribution in [2.45, 2.75) is 44.5 Å². The van der Waals surface area contributed by atoms with Crippen molar-refractivity contribution in [2.75, 3.05) is 38.1 Å². The number of likely N-dealkylation sites (tertiary alicyclic amines) is 1. The normalized spacial score (nSPS) is 27.4. The number of benzene rings is 1. The van der Waals surface area contributed by atoms with Crippen molar-refractivity contribution < 1.29 is 25.8 Å². The molecule has 1 unspecified atom stereocenters. The monoisotopic (exact) mass is 478 g/mol. The van der Waals surface area contributed by atoms with Crippen molar-refractivity contribution in [3.8, 4) is 11.3 Å². The average Bonchev–Trinajstić information content (AvgIpc) is 3.43. The number of ether oxygens (including phenoxy) is 1. The summed E-state index contributed by atoms with van der Waals surface area (Å²) in [6.45, 7) is 0.692. The fraction of sp³-hybridized carbons (Fsp3) is 0.600. The Morgan fingerprint density at radius 1 is 1.12 bits per heavy atom. The molecule has 3 aliphatic rings. The van der Waals surface area contributed by atoms with Gasteiger partial charge in [-0.05, 0) is 55.1 Å². The van der Waals surface area contributed by atoms with Crippen molar-refractivity contribution in [1.82, 2.24) is 15.1 Å². The number of hydrogen-bond acceptors (Lipinski definition) is 6. The summed E-state index contributed by atoms with van der Waals surface area (Å²) >= 11 is 0. The van der Waals surface area contributed by atoms with Gasteiger partial charge in [0.15, 0.2) is 5.82 Å². The summed E-state index contributed by atoms with van der Waals surface area (Å²) < 4.78 is 64.7. The Hall–Kier alpha value is -2.23. The predicted molar refractivity (Wildman–Crippen MR) is 122 cm³/mol. The molecule has 1 aromatic carbocycles. The van der Waals surface area contributed by atoms with Crippen LogP contribution in [0.2, 0.25) is 0 Å². The fourth-order valence-corrected chi connectivity index (χ4v) is 5.56. The maximum atomic E-state index is 14.0. The van der Waals surface area contributed by atoms with E-state index in [-0.39, 0.29) is 41.9 Å². The predicted octanol–water partition coefficient (Wildman–Crippen LogP) is 4.20. The van der Waals surface area contributed by atoms with Crippen LogP contribution in [0.25, 0.3) is 11.3 Å². The molecule has 3 atom stereocenters. The number of alkyl halides is 3. The van der Waals surface area contributed by atoms with E-state index in [0.717, 1.165) is 6.07 Å². The smallest absolute Gasteiger partial charge is 0.392 e. The minimum atomic E-state index is -4.62. The molecule has 2 aromatic rings. The van der Waals surface area contributed by atoms with Gasteiger partial charge in [0.1, 0.15) is 5.56 Å². The number of rotatable bonds is 6. The van der Waals surface area contributed by atoms with E-state index in [1.54, 1.807) is 24.3 Å². The van der Waals surface area contributed by atoms with E-state index in [0.29, 0.717) is 63.1 Å². The van der Waals surface area contributed by atoms with Crippen LogP contribution in [-0.2, 0) is 17.5 Å². The minimum Gasteiger partial charge on any atom is -0.392 e. The molecule has 0 amide bonds. The van der Waals surface area contributed by atoms with Gasteiger partial charge >= 0.3 is 6.18 Å². The summed E-state index contributed by atoms with van der Waals surface area (Å²) in [6.07, 6.45) is -1.87. The highest BCUT2D eigenvalue weighted by molar-refractivity contribution is 5.66. The second-order valence-corrected chi connectivity index (χ2v) is 9.56. The van der Waals surface area contributed by atoms with Crippen LogP contribution in [0.15, 0.2) is 30.3 Å². The zero-order chi connectivity index (χ0) is 25.5. The number of fused-ring (bicyclic) bond motifs is 1. The van der Waals surface area contributed by atoms with E-state index >= 15 is 0 Å². The Balaban J connectivity index is 1.28. The molecule has 3 fully saturated rings. The highest BCUT2D eigenvalue weighted by Crippen LogP contribution is 2.42. The summed E-state index contributed by atoms with van der Waals surface area (Å²) in [4.78, 5) is 1.93. The maximum Gasteiger partial charge on any atom is 0.420 e. The minimum absolute atomic E-state index is 0.0573. The standard InChI is InChI=1S/C25H31F3N4O2/c26-25(27,28)22-11-23(21-4-2-1-3-17(21)15-33)30-31-24(22)29-20-9-18-13-32(14-19(18)10-20)12-16-5-7-34-8-6-16/h1-4,11,16,18-20,33H,5-10,12-15H2,(H,29,31)/t18-,19+,20?/i12D2. The number of hydrogen-bond donors (Lipinski definition) is 2. The molecule has 0 bridgehead atoms. The third-order valence-electron chi connectivity index (χ3n) is 7.24. The lowest BCUT2D eigenvalue weighted by atomic mass is 10.00. The van der Waals surface area contributed by atoms with Gasteiger partial charge in [-0.25, -0.2) is 0 Å². The second kappa shape index (κ2) is 9.79. The zero-order valence-electron chi connectivity index (χ0n) is 20.9. The molecule has 184 valence electrons. The van der Waals surface area contributed by atoms with Crippen LogP contribution in [0, 0.1) is 17.8 Å². The number of halogens is 3. The lowest BCUT2D eigenvalue weighted by Crippen LogP contribution is -2.32. The molecule has 9 heteroatoms. The molecule has 0 spiro atoms. The molecule has 2 N–H and O–H groups in total. The Kier molecular flexibility index (Phi) is 6.07. The van der Waals surface area contributed by atoms with Crippen LogP contribution in [0.5, 0.6) is 0 Å². The van der Waals surface area contributed by atoms with Gasteiger partial charge in [-0.1, -0.05) is 24.3 Å². The average molecular weight is 479 g/mol. The quantitative estimate of drug-likeness (QED) is 0.649. The van der Waals surface area contributed by atoms with Crippen LogP contribution in [-0.4, -0.2) is 59.0 Å². The van der Waals surface area contributed by atoms with Crippen LogP contribution >= 0.6 is 0 Å². The molecule has 0 radical (unpaired) electrons. The maximum absolute atomic E-state index is 14.0. The molecular formula is C25H31F3N4O2. The third-order valence-corrected chi connectivity index (χ3v) is 7.24. The van der Waals surface area contributed by atoms with E-state index in [1.165, 1.54) is 0 Å². The van der Waals surface area contributed by atoms with Gasteiger partial charge in [0.2, 0.25) is 0 Å². The molecule has 2 aliphatic heterocycles. The number of anilines is 1. The van der Waals surface area contributed by atoms with E-state index < -0.39 is 18.2 Å². The molecular weight excluding hydrogens is 445 g/mol. The topological polar surface area (TPSA) is 70.5 Å². The highest BCUT2D eigenvalue weighted by Gasteiger charge is 2.43. The first-order valence-electron chi connectivity index (χ1n) is 12.9. The molecule has 3 heterocycles. The zero-order valence-corrected chi connectivity index (χ0v) is 18.9. The van der Waals surface area contributed by atoms with Crippen molar-refractivity contribution in [1.29, 1.82) is 0 Å². The summed E-state index contributed by atoms with van der Waals surface area (Å²) in [7, 11) is 0. The SMILES string of the molecule is [2H]C([2H])(C1CCOCC1)N1C[C@H]2CC(Nc3nnc(-c4ccccc4CO)cc3C(F)(F)F)C[C@H]2C1. The van der Waals surface area contributed by atoms with Crippen LogP contribution in [0.1, 0.15) is 39.6 Å². The second-order valence-electron chi connectivity index (χ2n) is 9.56. The first-order chi connectivity index (χ1) is 17.2. The number of aliphatic hydroxyl groups excluding tert-OH is 1. The molecule has 1 saturated carbocycles. The lowest BCUT2D eigenvalue weighted by molar-refractivity contribution is -0.137. The van der Waals surface area contributed by atoms with E-state index in [2.05, 4.69) is 15.5 Å². The lowest BCUT2D eigenvalue weighted by Gasteiger charge is -2.28.